The first-order valence-corrected chi connectivity index (χ1v) is 9.63. The number of benzene rings is 2. The van der Waals surface area contributed by atoms with Crippen LogP contribution in [0.2, 0.25) is 0 Å². The second kappa shape index (κ2) is 9.22. The van der Waals surface area contributed by atoms with Crippen molar-refractivity contribution in [2.75, 3.05) is 20.3 Å². The predicted octanol–water partition coefficient (Wildman–Crippen LogP) is 3.64. The third-order valence-electron chi connectivity index (χ3n) is 4.86. The Balaban J connectivity index is 1.77. The van der Waals surface area contributed by atoms with Crippen molar-refractivity contribution in [1.29, 1.82) is 0 Å². The standard InChI is InChI=1S/C23H27BO4/c1-23(2)16-27-24(28-17-23)21-12-8-7-11-19(21)13-14-20(15-22(25)26-3)18-9-5-4-6-10-18/h4-12,15H,13-14,16-17H2,1-3H3/b20-15+. The van der Waals surface area contributed by atoms with Gasteiger partial charge in [0.15, 0.2) is 0 Å². The van der Waals surface area contributed by atoms with Gasteiger partial charge in [-0.25, -0.2) is 4.79 Å². The van der Waals surface area contributed by atoms with Crippen molar-refractivity contribution in [2.24, 2.45) is 5.41 Å². The molecule has 146 valence electrons. The molecule has 4 nitrogen and oxygen atoms in total. The number of carbonyl (C=O) groups excluding carboxylic acids is 1. The molecule has 0 unspecified atom stereocenters. The fraction of sp³-hybridized carbons (Fsp3) is 0.348. The fourth-order valence-corrected chi connectivity index (χ4v) is 3.29. The van der Waals surface area contributed by atoms with Crippen LogP contribution >= 0.6 is 0 Å². The summed E-state index contributed by atoms with van der Waals surface area (Å²) in [4.78, 5) is 11.8. The maximum absolute atomic E-state index is 11.8. The molecule has 0 spiro atoms. The van der Waals surface area contributed by atoms with Crippen LogP contribution in [0.3, 0.4) is 0 Å². The molecule has 2 aromatic carbocycles. The Morgan fingerprint density at radius 1 is 1.07 bits per heavy atom. The van der Waals surface area contributed by atoms with Crippen molar-refractivity contribution in [2.45, 2.75) is 26.7 Å². The molecule has 0 aliphatic carbocycles. The molecule has 1 saturated heterocycles. The quantitative estimate of drug-likeness (QED) is 0.437. The highest BCUT2D eigenvalue weighted by Crippen LogP contribution is 2.23. The summed E-state index contributed by atoms with van der Waals surface area (Å²) in [7, 11) is 1.06. The highest BCUT2D eigenvalue weighted by atomic mass is 16.6. The van der Waals surface area contributed by atoms with Gasteiger partial charge in [-0.15, -0.1) is 0 Å². The van der Waals surface area contributed by atoms with Crippen molar-refractivity contribution in [3.05, 3.63) is 71.8 Å². The van der Waals surface area contributed by atoms with Gasteiger partial charge in [0.25, 0.3) is 0 Å². The molecule has 2 aromatic rings. The number of rotatable bonds is 6. The summed E-state index contributed by atoms with van der Waals surface area (Å²) in [5.74, 6) is -0.340. The topological polar surface area (TPSA) is 44.8 Å². The third kappa shape index (κ3) is 5.34. The van der Waals surface area contributed by atoms with E-state index in [1.807, 2.05) is 42.5 Å². The summed E-state index contributed by atoms with van der Waals surface area (Å²) in [5, 5.41) is 0. The summed E-state index contributed by atoms with van der Waals surface area (Å²) in [5.41, 5.74) is 4.24. The smallest absolute Gasteiger partial charge is 0.466 e. The van der Waals surface area contributed by atoms with Crippen molar-refractivity contribution < 1.29 is 18.8 Å². The lowest BCUT2D eigenvalue weighted by Crippen LogP contribution is -2.48. The van der Waals surface area contributed by atoms with Gasteiger partial charge in [0.05, 0.1) is 7.11 Å². The van der Waals surface area contributed by atoms with E-state index in [1.54, 1.807) is 6.08 Å². The Hall–Kier alpha value is -2.37. The minimum Gasteiger partial charge on any atom is -0.466 e. The largest absolute Gasteiger partial charge is 0.494 e. The van der Waals surface area contributed by atoms with Gasteiger partial charge in [0.2, 0.25) is 0 Å². The van der Waals surface area contributed by atoms with Crippen LogP contribution in [0.5, 0.6) is 0 Å². The second-order valence-corrected chi connectivity index (χ2v) is 7.88. The van der Waals surface area contributed by atoms with E-state index in [0.29, 0.717) is 19.6 Å². The minimum absolute atomic E-state index is 0.0369. The van der Waals surface area contributed by atoms with Crippen LogP contribution in [0, 0.1) is 5.41 Å². The molecule has 0 atom stereocenters. The predicted molar refractivity (Wildman–Crippen MR) is 112 cm³/mol. The number of esters is 1. The molecule has 0 amide bonds. The molecule has 3 rings (SSSR count). The molecular weight excluding hydrogens is 351 g/mol. The van der Waals surface area contributed by atoms with E-state index in [4.69, 9.17) is 14.0 Å². The molecule has 0 saturated carbocycles. The number of carbonyl (C=O) groups is 1. The Kier molecular flexibility index (Phi) is 6.71. The molecule has 1 aliphatic heterocycles. The Morgan fingerprint density at radius 3 is 2.39 bits per heavy atom. The van der Waals surface area contributed by atoms with E-state index in [1.165, 1.54) is 12.7 Å². The van der Waals surface area contributed by atoms with E-state index in [0.717, 1.165) is 23.0 Å². The molecule has 28 heavy (non-hydrogen) atoms. The molecular formula is C23H27BO4. The van der Waals surface area contributed by atoms with Gasteiger partial charge in [0.1, 0.15) is 0 Å². The SMILES string of the molecule is COC(=O)/C=C(\CCc1ccccc1B1OCC(C)(C)CO1)c1ccccc1. The Labute approximate surface area is 167 Å². The van der Waals surface area contributed by atoms with Gasteiger partial charge in [-0.2, -0.15) is 0 Å². The molecule has 0 radical (unpaired) electrons. The van der Waals surface area contributed by atoms with E-state index < -0.39 is 0 Å². The summed E-state index contributed by atoms with van der Waals surface area (Å²) in [6, 6.07) is 18.1. The van der Waals surface area contributed by atoms with E-state index in [9.17, 15) is 4.79 Å². The summed E-state index contributed by atoms with van der Waals surface area (Å²) in [6.07, 6.45) is 3.07. The van der Waals surface area contributed by atoms with Crippen LogP contribution < -0.4 is 5.46 Å². The Bertz CT molecular complexity index is 820. The van der Waals surface area contributed by atoms with E-state index >= 15 is 0 Å². The van der Waals surface area contributed by atoms with Crippen LogP contribution in [-0.4, -0.2) is 33.4 Å². The normalized spacial score (nSPS) is 16.7. The fourth-order valence-electron chi connectivity index (χ4n) is 3.29. The van der Waals surface area contributed by atoms with Crippen molar-refractivity contribution >= 4 is 24.1 Å². The summed E-state index contributed by atoms with van der Waals surface area (Å²) < 4.78 is 16.8. The molecule has 0 aromatic heterocycles. The van der Waals surface area contributed by atoms with Crippen molar-refractivity contribution in [3.8, 4) is 0 Å². The summed E-state index contributed by atoms with van der Waals surface area (Å²) >= 11 is 0. The van der Waals surface area contributed by atoms with Crippen molar-refractivity contribution in [3.63, 3.8) is 0 Å². The number of aryl methyl sites for hydroxylation is 1. The van der Waals surface area contributed by atoms with Gasteiger partial charge < -0.3 is 14.0 Å². The second-order valence-electron chi connectivity index (χ2n) is 7.88. The molecule has 1 fully saturated rings. The molecule has 0 N–H and O–H groups in total. The zero-order valence-corrected chi connectivity index (χ0v) is 16.8. The average molecular weight is 378 g/mol. The monoisotopic (exact) mass is 378 g/mol. The first-order chi connectivity index (χ1) is 13.5. The lowest BCUT2D eigenvalue weighted by molar-refractivity contribution is -0.134. The molecule has 1 heterocycles. The maximum atomic E-state index is 11.8. The van der Waals surface area contributed by atoms with Crippen LogP contribution in [-0.2, 0) is 25.3 Å². The van der Waals surface area contributed by atoms with Crippen LogP contribution in [0.1, 0.15) is 31.4 Å². The zero-order valence-electron chi connectivity index (χ0n) is 16.8. The first kappa shape index (κ1) is 20.4. The minimum atomic E-state index is -0.340. The van der Waals surface area contributed by atoms with Crippen molar-refractivity contribution in [1.82, 2.24) is 0 Å². The molecule has 5 heteroatoms. The first-order valence-electron chi connectivity index (χ1n) is 9.63. The van der Waals surface area contributed by atoms with Crippen LogP contribution in [0.4, 0.5) is 0 Å². The number of hydrogen-bond acceptors (Lipinski definition) is 4. The molecule has 1 aliphatic rings. The van der Waals surface area contributed by atoms with Gasteiger partial charge >= 0.3 is 13.1 Å². The maximum Gasteiger partial charge on any atom is 0.494 e. The highest BCUT2D eigenvalue weighted by Gasteiger charge is 2.34. The van der Waals surface area contributed by atoms with Gasteiger partial charge in [0, 0.05) is 24.7 Å². The number of ether oxygens (including phenoxy) is 1. The molecule has 0 bridgehead atoms. The van der Waals surface area contributed by atoms with E-state index in [2.05, 4.69) is 26.0 Å². The van der Waals surface area contributed by atoms with E-state index in [-0.39, 0.29) is 18.5 Å². The van der Waals surface area contributed by atoms with Crippen LogP contribution in [0.15, 0.2) is 60.7 Å². The lowest BCUT2D eigenvalue weighted by Gasteiger charge is -2.33. The summed E-state index contributed by atoms with van der Waals surface area (Å²) in [6.45, 7) is 5.62. The zero-order chi connectivity index (χ0) is 20.0. The Morgan fingerprint density at radius 2 is 1.71 bits per heavy atom. The number of hydrogen-bond donors (Lipinski definition) is 0. The number of allylic oxidation sites excluding steroid dienone is 1. The van der Waals surface area contributed by atoms with Gasteiger partial charge in [-0.1, -0.05) is 68.4 Å². The van der Waals surface area contributed by atoms with Crippen LogP contribution in [0.25, 0.3) is 5.57 Å². The van der Waals surface area contributed by atoms with Gasteiger partial charge in [-0.05, 0) is 35.0 Å². The lowest BCUT2D eigenvalue weighted by atomic mass is 9.72. The highest BCUT2D eigenvalue weighted by molar-refractivity contribution is 6.62. The van der Waals surface area contributed by atoms with Gasteiger partial charge in [-0.3, -0.25) is 0 Å². The third-order valence-corrected chi connectivity index (χ3v) is 4.86. The number of methoxy groups -OCH3 is 1. The average Bonchev–Trinajstić information content (AvgIpc) is 2.72.